The molecule has 1 unspecified atom stereocenters. The number of carboxylic acids is 1. The summed E-state index contributed by atoms with van der Waals surface area (Å²) in [7, 11) is 0. The quantitative estimate of drug-likeness (QED) is 0.384. The molecule has 1 heterocycles. The Balaban J connectivity index is 1.63. The van der Waals surface area contributed by atoms with Gasteiger partial charge in [-0.2, -0.15) is 0 Å². The Morgan fingerprint density at radius 1 is 1.00 bits per heavy atom. The normalized spacial score (nSPS) is 13.8. The smallest absolute Gasteiger partial charge is 0.335 e. The van der Waals surface area contributed by atoms with Gasteiger partial charge in [0.2, 0.25) is 0 Å². The number of carbonyl (C=O) groups is 2. The second kappa shape index (κ2) is 10.0. The van der Waals surface area contributed by atoms with Crippen LogP contribution in [-0.4, -0.2) is 17.0 Å². The molecular weight excluding hydrogens is 437 g/mol. The molecule has 0 saturated carbocycles. The van der Waals surface area contributed by atoms with Crippen LogP contribution in [0, 0.1) is 17.7 Å². The van der Waals surface area contributed by atoms with Gasteiger partial charge in [0.05, 0.1) is 22.0 Å². The van der Waals surface area contributed by atoms with Crippen molar-refractivity contribution >= 4 is 23.2 Å². The fraction of sp³-hybridized carbons (Fsp3) is 0.259. The number of nitrogens with one attached hydrogen (secondary N) is 1. The van der Waals surface area contributed by atoms with Crippen molar-refractivity contribution < 1.29 is 19.1 Å². The van der Waals surface area contributed by atoms with Gasteiger partial charge in [0.25, 0.3) is 5.91 Å². The summed E-state index contributed by atoms with van der Waals surface area (Å²) in [6.07, 6.45) is 5.09. The number of amides is 1. The van der Waals surface area contributed by atoms with Crippen molar-refractivity contribution in [3.05, 3.63) is 91.9 Å². The van der Waals surface area contributed by atoms with E-state index in [2.05, 4.69) is 17.2 Å². The van der Waals surface area contributed by atoms with Gasteiger partial charge in [0, 0.05) is 10.4 Å². The van der Waals surface area contributed by atoms with E-state index in [0.29, 0.717) is 11.1 Å². The summed E-state index contributed by atoms with van der Waals surface area (Å²) in [6.45, 7) is 1.88. The first-order chi connectivity index (χ1) is 15.9. The molecule has 4 rings (SSSR count). The molecule has 1 atom stereocenters. The minimum absolute atomic E-state index is 0.174. The molecule has 33 heavy (non-hydrogen) atoms. The lowest BCUT2D eigenvalue weighted by molar-refractivity contribution is 0.0696. The highest BCUT2D eigenvalue weighted by Gasteiger charge is 2.25. The molecule has 1 amide bonds. The third kappa shape index (κ3) is 5.32. The Kier molecular flexibility index (Phi) is 6.90. The van der Waals surface area contributed by atoms with Crippen molar-refractivity contribution in [3.63, 3.8) is 0 Å². The summed E-state index contributed by atoms with van der Waals surface area (Å²) in [5.41, 5.74) is 3.46. The highest BCUT2D eigenvalue weighted by atomic mass is 32.1. The lowest BCUT2D eigenvalue weighted by Gasteiger charge is -2.15. The summed E-state index contributed by atoms with van der Waals surface area (Å²) in [4.78, 5) is 26.5. The van der Waals surface area contributed by atoms with Crippen LogP contribution in [0.25, 0.3) is 0 Å². The number of hydrogen-bond donors (Lipinski definition) is 2. The van der Waals surface area contributed by atoms with Crippen molar-refractivity contribution in [2.45, 2.75) is 45.1 Å². The Bertz CT molecular complexity index is 1230. The zero-order chi connectivity index (χ0) is 23.4. The van der Waals surface area contributed by atoms with E-state index in [4.69, 9.17) is 5.11 Å². The number of hydrogen-bond acceptors (Lipinski definition) is 3. The first kappa shape index (κ1) is 22.8. The van der Waals surface area contributed by atoms with E-state index < -0.39 is 5.97 Å². The Morgan fingerprint density at radius 3 is 2.39 bits per heavy atom. The van der Waals surface area contributed by atoms with Gasteiger partial charge in [-0.05, 0) is 86.1 Å². The van der Waals surface area contributed by atoms with E-state index in [1.165, 1.54) is 29.1 Å². The standard InChI is InChI=1S/C27H24FNO3S/c1-17(19-10-12-20(13-11-19)27(31)32)29-26(30)25-22-5-3-2-4-6-23(22)33-24(25)16-9-18-7-14-21(28)15-8-18/h7-8,10-15,17H,2-6H2,1H3,(H,29,30)(H,31,32). The average molecular weight is 462 g/mol. The van der Waals surface area contributed by atoms with E-state index in [1.54, 1.807) is 35.6 Å². The van der Waals surface area contributed by atoms with E-state index >= 15 is 0 Å². The molecule has 0 spiro atoms. The molecule has 1 aliphatic carbocycles. The fourth-order valence-corrected chi connectivity index (χ4v) is 5.24. The number of aryl methyl sites for hydroxylation is 1. The first-order valence-corrected chi connectivity index (χ1v) is 11.8. The summed E-state index contributed by atoms with van der Waals surface area (Å²) < 4.78 is 13.2. The Morgan fingerprint density at radius 2 is 1.70 bits per heavy atom. The second-order valence-electron chi connectivity index (χ2n) is 8.15. The molecule has 1 aliphatic rings. The number of halogens is 1. The molecular formula is C27H24FNO3S. The van der Waals surface area contributed by atoms with Gasteiger partial charge in [-0.3, -0.25) is 4.79 Å². The third-order valence-corrected chi connectivity index (χ3v) is 7.03. The van der Waals surface area contributed by atoms with Crippen LogP contribution in [0.1, 0.15) is 79.4 Å². The number of benzene rings is 2. The summed E-state index contributed by atoms with van der Waals surface area (Å²) in [5.74, 6) is 4.76. The predicted molar refractivity (Wildman–Crippen MR) is 127 cm³/mol. The van der Waals surface area contributed by atoms with Crippen molar-refractivity contribution in [3.8, 4) is 11.8 Å². The summed E-state index contributed by atoms with van der Waals surface area (Å²) >= 11 is 1.58. The zero-order valence-electron chi connectivity index (χ0n) is 18.3. The molecule has 2 N–H and O–H groups in total. The van der Waals surface area contributed by atoms with E-state index in [9.17, 15) is 14.0 Å². The van der Waals surface area contributed by atoms with Gasteiger partial charge in [-0.25, -0.2) is 9.18 Å². The lowest BCUT2D eigenvalue weighted by atomic mass is 10.0. The van der Waals surface area contributed by atoms with Crippen LogP contribution in [0.2, 0.25) is 0 Å². The largest absolute Gasteiger partial charge is 0.478 e. The molecule has 0 radical (unpaired) electrons. The molecule has 168 valence electrons. The molecule has 2 aromatic carbocycles. The summed E-state index contributed by atoms with van der Waals surface area (Å²) in [6, 6.07) is 12.2. The molecule has 0 fully saturated rings. The van der Waals surface area contributed by atoms with Gasteiger partial charge >= 0.3 is 5.97 Å². The topological polar surface area (TPSA) is 66.4 Å². The number of thiophene rings is 1. The number of carbonyl (C=O) groups excluding carboxylic acids is 1. The van der Waals surface area contributed by atoms with Crippen LogP contribution in [0.3, 0.4) is 0 Å². The SMILES string of the molecule is CC(NC(=O)c1c(C#Cc2ccc(F)cc2)sc2c1CCCCC2)c1ccc(C(=O)O)cc1. The maximum Gasteiger partial charge on any atom is 0.335 e. The average Bonchev–Trinajstić information content (AvgIpc) is 2.99. The minimum atomic E-state index is -0.983. The van der Waals surface area contributed by atoms with E-state index in [1.807, 2.05) is 6.92 Å². The van der Waals surface area contributed by atoms with Crippen LogP contribution in [-0.2, 0) is 12.8 Å². The van der Waals surface area contributed by atoms with E-state index in [-0.39, 0.29) is 23.3 Å². The van der Waals surface area contributed by atoms with Crippen LogP contribution in [0.4, 0.5) is 4.39 Å². The van der Waals surface area contributed by atoms with Crippen molar-refractivity contribution in [1.29, 1.82) is 0 Å². The highest BCUT2D eigenvalue weighted by molar-refractivity contribution is 7.13. The van der Waals surface area contributed by atoms with Gasteiger partial charge in [-0.1, -0.05) is 24.5 Å². The van der Waals surface area contributed by atoms with Crippen LogP contribution in [0.15, 0.2) is 48.5 Å². The predicted octanol–water partition coefficient (Wildman–Crippen LogP) is 5.75. The molecule has 1 aromatic heterocycles. The van der Waals surface area contributed by atoms with Gasteiger partial charge in [0.15, 0.2) is 0 Å². The molecule has 6 heteroatoms. The van der Waals surface area contributed by atoms with Crippen molar-refractivity contribution in [2.24, 2.45) is 0 Å². The molecule has 0 aliphatic heterocycles. The molecule has 4 nitrogen and oxygen atoms in total. The van der Waals surface area contributed by atoms with Crippen molar-refractivity contribution in [1.82, 2.24) is 5.32 Å². The van der Waals surface area contributed by atoms with Crippen LogP contribution < -0.4 is 5.32 Å². The Hall–Kier alpha value is -3.43. The Labute approximate surface area is 196 Å². The number of fused-ring (bicyclic) bond motifs is 1. The zero-order valence-corrected chi connectivity index (χ0v) is 19.1. The monoisotopic (exact) mass is 461 g/mol. The van der Waals surface area contributed by atoms with Gasteiger partial charge in [0.1, 0.15) is 5.82 Å². The van der Waals surface area contributed by atoms with Gasteiger partial charge < -0.3 is 10.4 Å². The maximum absolute atomic E-state index is 13.4. The summed E-state index contributed by atoms with van der Waals surface area (Å²) in [5, 5.41) is 12.2. The third-order valence-electron chi connectivity index (χ3n) is 5.82. The fourth-order valence-electron chi connectivity index (χ4n) is 4.00. The number of carboxylic acid groups (broad SMARTS) is 1. The number of rotatable bonds is 4. The van der Waals surface area contributed by atoms with Crippen molar-refractivity contribution in [2.75, 3.05) is 0 Å². The molecule has 3 aromatic rings. The first-order valence-electron chi connectivity index (χ1n) is 11.0. The highest BCUT2D eigenvalue weighted by Crippen LogP contribution is 2.34. The van der Waals surface area contributed by atoms with Crippen LogP contribution in [0.5, 0.6) is 0 Å². The minimum Gasteiger partial charge on any atom is -0.478 e. The van der Waals surface area contributed by atoms with Crippen LogP contribution >= 0.6 is 11.3 Å². The maximum atomic E-state index is 13.4. The molecule has 0 saturated heterocycles. The second-order valence-corrected chi connectivity index (χ2v) is 9.25. The lowest BCUT2D eigenvalue weighted by Crippen LogP contribution is -2.27. The van der Waals surface area contributed by atoms with E-state index in [0.717, 1.165) is 48.1 Å². The number of aromatic carboxylic acids is 1. The molecule has 0 bridgehead atoms. The van der Waals surface area contributed by atoms with Gasteiger partial charge in [-0.15, -0.1) is 11.3 Å².